The second-order valence-electron chi connectivity index (χ2n) is 6.52. The van der Waals surface area contributed by atoms with Gasteiger partial charge in [0.05, 0.1) is 29.5 Å². The second kappa shape index (κ2) is 7.52. The Kier molecular flexibility index (Phi) is 4.76. The van der Waals surface area contributed by atoms with Gasteiger partial charge in [-0.15, -0.1) is 0 Å². The van der Waals surface area contributed by atoms with Gasteiger partial charge in [0.1, 0.15) is 5.75 Å². The summed E-state index contributed by atoms with van der Waals surface area (Å²) in [6, 6.07) is 24.5. The summed E-state index contributed by atoms with van der Waals surface area (Å²) in [6.45, 7) is 0. The number of benzene rings is 3. The first kappa shape index (κ1) is 17.7. The molecule has 3 aromatic rings. The van der Waals surface area contributed by atoms with Crippen molar-refractivity contribution in [1.82, 2.24) is 0 Å². The number of hydrogen-bond acceptors (Lipinski definition) is 5. The molecule has 0 aromatic heterocycles. The van der Waals surface area contributed by atoms with Gasteiger partial charge in [-0.3, -0.25) is 15.1 Å². The molecule has 0 aliphatic carbocycles. The quantitative estimate of drug-likeness (QED) is 0.468. The van der Waals surface area contributed by atoms with Crippen molar-refractivity contribution in [1.29, 1.82) is 0 Å². The molecule has 6 nitrogen and oxygen atoms in total. The molecule has 0 unspecified atom stereocenters. The minimum atomic E-state index is -0.394. The third kappa shape index (κ3) is 3.44. The maximum atomic E-state index is 11.0. The molecule has 1 aliphatic heterocycles. The molecule has 0 N–H and O–H groups in total. The van der Waals surface area contributed by atoms with Crippen molar-refractivity contribution < 1.29 is 9.66 Å². The molecular weight excluding hydrogens is 354 g/mol. The van der Waals surface area contributed by atoms with Gasteiger partial charge in [0.15, 0.2) is 0 Å². The second-order valence-corrected chi connectivity index (χ2v) is 6.52. The van der Waals surface area contributed by atoms with Crippen molar-refractivity contribution >= 4 is 17.1 Å². The molecule has 4 rings (SSSR count). The third-order valence-corrected chi connectivity index (χ3v) is 4.84. The molecule has 3 aromatic carbocycles. The van der Waals surface area contributed by atoms with Crippen molar-refractivity contribution in [3.05, 3.63) is 100 Å². The molecule has 0 saturated carbocycles. The van der Waals surface area contributed by atoms with Gasteiger partial charge in [0, 0.05) is 18.6 Å². The molecule has 0 fully saturated rings. The van der Waals surface area contributed by atoms with E-state index in [0.717, 1.165) is 34.7 Å². The van der Waals surface area contributed by atoms with Gasteiger partial charge in [-0.1, -0.05) is 30.3 Å². The van der Waals surface area contributed by atoms with Gasteiger partial charge >= 0.3 is 0 Å². The van der Waals surface area contributed by atoms with Crippen LogP contribution in [0, 0.1) is 10.1 Å². The van der Waals surface area contributed by atoms with E-state index in [-0.39, 0.29) is 11.7 Å². The Bertz CT molecular complexity index is 999. The lowest BCUT2D eigenvalue weighted by atomic mass is 9.98. The highest BCUT2D eigenvalue weighted by molar-refractivity contribution is 6.03. The minimum absolute atomic E-state index is 0.0276. The van der Waals surface area contributed by atoms with E-state index in [4.69, 9.17) is 9.84 Å². The zero-order valence-electron chi connectivity index (χ0n) is 15.4. The van der Waals surface area contributed by atoms with E-state index in [1.54, 1.807) is 19.2 Å². The molecule has 6 heteroatoms. The Morgan fingerprint density at radius 3 is 2.29 bits per heavy atom. The van der Waals surface area contributed by atoms with Crippen LogP contribution in [0.3, 0.4) is 0 Å². The summed E-state index contributed by atoms with van der Waals surface area (Å²) in [7, 11) is 1.64. The summed E-state index contributed by atoms with van der Waals surface area (Å²) in [5.41, 5.74) is 4.04. The number of hydrazone groups is 1. The first-order valence-electron chi connectivity index (χ1n) is 8.96. The van der Waals surface area contributed by atoms with Crippen LogP contribution in [0.2, 0.25) is 0 Å². The van der Waals surface area contributed by atoms with Crippen LogP contribution in [0.1, 0.15) is 23.6 Å². The third-order valence-electron chi connectivity index (χ3n) is 4.84. The van der Waals surface area contributed by atoms with Gasteiger partial charge in [-0.05, 0) is 47.5 Å². The maximum Gasteiger partial charge on any atom is 0.269 e. The van der Waals surface area contributed by atoms with Crippen LogP contribution in [0.5, 0.6) is 5.75 Å². The molecule has 1 atom stereocenters. The van der Waals surface area contributed by atoms with Crippen LogP contribution in [-0.2, 0) is 0 Å². The predicted molar refractivity (Wildman–Crippen MR) is 109 cm³/mol. The molecule has 140 valence electrons. The summed E-state index contributed by atoms with van der Waals surface area (Å²) >= 11 is 0. The lowest BCUT2D eigenvalue weighted by molar-refractivity contribution is -0.384. The van der Waals surface area contributed by atoms with Crippen molar-refractivity contribution in [2.45, 2.75) is 12.5 Å². The number of nitro groups is 1. The van der Waals surface area contributed by atoms with Crippen LogP contribution in [0.15, 0.2) is 84.0 Å². The van der Waals surface area contributed by atoms with E-state index in [2.05, 4.69) is 12.1 Å². The van der Waals surface area contributed by atoms with Gasteiger partial charge in [0.25, 0.3) is 5.69 Å². The van der Waals surface area contributed by atoms with Gasteiger partial charge < -0.3 is 4.74 Å². The Morgan fingerprint density at radius 2 is 1.68 bits per heavy atom. The zero-order valence-corrected chi connectivity index (χ0v) is 15.4. The molecule has 0 saturated heterocycles. The van der Waals surface area contributed by atoms with Crippen molar-refractivity contribution in [2.75, 3.05) is 12.1 Å². The molecule has 0 radical (unpaired) electrons. The highest BCUT2D eigenvalue weighted by Crippen LogP contribution is 2.37. The van der Waals surface area contributed by atoms with Crippen LogP contribution in [0.25, 0.3) is 0 Å². The summed E-state index contributed by atoms with van der Waals surface area (Å²) in [4.78, 5) is 10.6. The molecule has 0 amide bonds. The smallest absolute Gasteiger partial charge is 0.269 e. The molecular formula is C22H19N3O3. The predicted octanol–water partition coefficient (Wildman–Crippen LogP) is 4.96. The van der Waals surface area contributed by atoms with Crippen molar-refractivity contribution in [3.63, 3.8) is 0 Å². The van der Waals surface area contributed by atoms with E-state index < -0.39 is 4.92 Å². The standard InChI is InChI=1S/C22H19N3O3/c1-28-20-13-7-16(8-14-20)21-15-22(17-5-3-2-4-6-17)24(23-21)18-9-11-19(12-10-18)25(26)27/h2-14,22H,15H2,1H3/t22-/m1/s1. The average molecular weight is 373 g/mol. The van der Waals surface area contributed by atoms with E-state index >= 15 is 0 Å². The monoisotopic (exact) mass is 373 g/mol. The lowest BCUT2D eigenvalue weighted by Gasteiger charge is -2.23. The fourth-order valence-corrected chi connectivity index (χ4v) is 3.37. The van der Waals surface area contributed by atoms with Crippen LogP contribution in [0.4, 0.5) is 11.4 Å². The molecule has 0 bridgehead atoms. The fourth-order valence-electron chi connectivity index (χ4n) is 3.37. The van der Waals surface area contributed by atoms with E-state index in [0.29, 0.717) is 0 Å². The molecule has 0 spiro atoms. The molecule has 28 heavy (non-hydrogen) atoms. The number of hydrogen-bond donors (Lipinski definition) is 0. The fraction of sp³-hybridized carbons (Fsp3) is 0.136. The Morgan fingerprint density at radius 1 is 1.00 bits per heavy atom. The number of rotatable bonds is 5. The normalized spacial score (nSPS) is 16.0. The van der Waals surface area contributed by atoms with E-state index in [1.165, 1.54) is 12.1 Å². The average Bonchev–Trinajstić information content (AvgIpc) is 3.20. The van der Waals surface area contributed by atoms with Crippen molar-refractivity contribution in [2.24, 2.45) is 5.10 Å². The van der Waals surface area contributed by atoms with Crippen LogP contribution < -0.4 is 9.75 Å². The largest absolute Gasteiger partial charge is 0.497 e. The molecule has 1 aliphatic rings. The number of anilines is 1. The minimum Gasteiger partial charge on any atom is -0.497 e. The first-order valence-corrected chi connectivity index (χ1v) is 8.96. The number of nitrogens with zero attached hydrogens (tertiary/aromatic N) is 3. The summed E-state index contributed by atoms with van der Waals surface area (Å²) in [5.74, 6) is 0.800. The first-order chi connectivity index (χ1) is 13.7. The van der Waals surface area contributed by atoms with E-state index in [1.807, 2.05) is 47.5 Å². The van der Waals surface area contributed by atoms with Gasteiger partial charge in [0.2, 0.25) is 0 Å². The highest BCUT2D eigenvalue weighted by Gasteiger charge is 2.30. The summed E-state index contributed by atoms with van der Waals surface area (Å²) < 4.78 is 5.24. The van der Waals surface area contributed by atoms with Gasteiger partial charge in [-0.25, -0.2) is 0 Å². The topological polar surface area (TPSA) is 68.0 Å². The van der Waals surface area contributed by atoms with Crippen LogP contribution >= 0.6 is 0 Å². The SMILES string of the molecule is COc1ccc(C2=NN(c3ccc([N+](=O)[O-])cc3)[C@@H](c3ccccc3)C2)cc1. The zero-order chi connectivity index (χ0) is 19.5. The van der Waals surface area contributed by atoms with Crippen LogP contribution in [-0.4, -0.2) is 17.7 Å². The van der Waals surface area contributed by atoms with Crippen molar-refractivity contribution in [3.8, 4) is 5.75 Å². The maximum absolute atomic E-state index is 11.0. The Labute approximate surface area is 162 Å². The lowest BCUT2D eigenvalue weighted by Crippen LogP contribution is -2.18. The summed E-state index contributed by atoms with van der Waals surface area (Å²) in [5, 5.41) is 17.8. The molecule has 1 heterocycles. The summed E-state index contributed by atoms with van der Waals surface area (Å²) in [6.07, 6.45) is 0.743. The highest BCUT2D eigenvalue weighted by atomic mass is 16.6. The number of non-ortho nitro benzene ring substituents is 1. The number of methoxy groups -OCH3 is 1. The Balaban J connectivity index is 1.71. The Hall–Kier alpha value is -3.67. The number of nitro benzene ring substituents is 1. The van der Waals surface area contributed by atoms with E-state index in [9.17, 15) is 10.1 Å². The number of ether oxygens (including phenoxy) is 1. The van der Waals surface area contributed by atoms with Gasteiger partial charge in [-0.2, -0.15) is 5.10 Å².